The minimum atomic E-state index is -0.125. The minimum Gasteiger partial charge on any atom is -0.466 e. The number of hydrogen-bond acceptors (Lipinski definition) is 5. The average molecular weight is 283 g/mol. The maximum absolute atomic E-state index is 11.7. The number of carbonyl (C=O) groups is 2. The smallest absolute Gasteiger partial charge is 0.307 e. The summed E-state index contributed by atoms with van der Waals surface area (Å²) >= 11 is 0. The molecule has 5 heteroatoms. The molecule has 2 fully saturated rings. The van der Waals surface area contributed by atoms with Gasteiger partial charge in [0, 0.05) is 18.1 Å². The third kappa shape index (κ3) is 3.51. The van der Waals surface area contributed by atoms with Gasteiger partial charge in [0.25, 0.3) is 0 Å². The molecule has 2 aliphatic heterocycles. The molecule has 2 rings (SSSR count). The van der Waals surface area contributed by atoms with Gasteiger partial charge >= 0.3 is 11.9 Å². The second-order valence-electron chi connectivity index (χ2n) is 5.58. The largest absolute Gasteiger partial charge is 0.466 e. The number of hydrogen-bond donors (Lipinski definition) is 0. The molecule has 0 bridgehead atoms. The van der Waals surface area contributed by atoms with E-state index in [1.165, 1.54) is 0 Å². The molecule has 3 atom stereocenters. The molecule has 0 amide bonds. The molecule has 2 saturated heterocycles. The average Bonchev–Trinajstić information content (AvgIpc) is 2.95. The summed E-state index contributed by atoms with van der Waals surface area (Å²) in [7, 11) is 0. The monoisotopic (exact) mass is 283 g/mol. The second-order valence-corrected chi connectivity index (χ2v) is 5.58. The number of ether oxygens (including phenoxy) is 2. The van der Waals surface area contributed by atoms with E-state index in [4.69, 9.17) is 9.47 Å². The van der Waals surface area contributed by atoms with Crippen molar-refractivity contribution in [3.63, 3.8) is 0 Å². The van der Waals surface area contributed by atoms with E-state index in [2.05, 4.69) is 4.90 Å². The first kappa shape index (κ1) is 15.3. The van der Waals surface area contributed by atoms with Gasteiger partial charge < -0.3 is 9.47 Å². The number of esters is 2. The van der Waals surface area contributed by atoms with E-state index in [9.17, 15) is 9.59 Å². The van der Waals surface area contributed by atoms with Crippen LogP contribution in [-0.2, 0) is 19.1 Å². The predicted molar refractivity (Wildman–Crippen MR) is 74.2 cm³/mol. The highest BCUT2D eigenvalue weighted by molar-refractivity contribution is 5.71. The van der Waals surface area contributed by atoms with Gasteiger partial charge in [-0.05, 0) is 39.5 Å². The van der Waals surface area contributed by atoms with Crippen LogP contribution in [0.25, 0.3) is 0 Å². The highest BCUT2D eigenvalue weighted by Crippen LogP contribution is 2.39. The van der Waals surface area contributed by atoms with E-state index >= 15 is 0 Å². The first-order chi connectivity index (χ1) is 9.65. The Labute approximate surface area is 120 Å². The zero-order chi connectivity index (χ0) is 14.5. The molecule has 0 saturated carbocycles. The van der Waals surface area contributed by atoms with Gasteiger partial charge in [-0.1, -0.05) is 0 Å². The molecule has 20 heavy (non-hydrogen) atoms. The lowest BCUT2D eigenvalue weighted by molar-refractivity contribution is -0.145. The molecule has 0 N–H and O–H groups in total. The van der Waals surface area contributed by atoms with Crippen LogP contribution in [0.2, 0.25) is 0 Å². The molecule has 0 aromatic rings. The molecule has 2 aliphatic rings. The van der Waals surface area contributed by atoms with E-state index in [1.54, 1.807) is 0 Å². The van der Waals surface area contributed by atoms with Crippen LogP contribution in [0.4, 0.5) is 0 Å². The highest BCUT2D eigenvalue weighted by atomic mass is 16.5. The summed E-state index contributed by atoms with van der Waals surface area (Å²) < 4.78 is 10.1. The summed E-state index contributed by atoms with van der Waals surface area (Å²) in [5, 5.41) is 0. The van der Waals surface area contributed by atoms with Gasteiger partial charge in [-0.25, -0.2) is 0 Å². The van der Waals surface area contributed by atoms with Gasteiger partial charge in [-0.15, -0.1) is 0 Å². The fourth-order valence-electron chi connectivity index (χ4n) is 3.64. The zero-order valence-electron chi connectivity index (χ0n) is 12.5. The van der Waals surface area contributed by atoms with Crippen LogP contribution in [0.5, 0.6) is 0 Å². The van der Waals surface area contributed by atoms with Gasteiger partial charge in [0.15, 0.2) is 0 Å². The number of nitrogens with zero attached hydrogens (tertiary/aromatic N) is 1. The molecule has 0 radical (unpaired) electrons. The van der Waals surface area contributed by atoms with E-state index in [0.717, 1.165) is 25.7 Å². The molecule has 2 heterocycles. The van der Waals surface area contributed by atoms with Crippen molar-refractivity contribution in [3.8, 4) is 0 Å². The molecule has 0 aromatic heterocycles. The Kier molecular flexibility index (Phi) is 5.40. The summed E-state index contributed by atoms with van der Waals surface area (Å²) in [4.78, 5) is 25.7. The second kappa shape index (κ2) is 7.07. The highest BCUT2D eigenvalue weighted by Gasteiger charge is 2.43. The van der Waals surface area contributed by atoms with E-state index < -0.39 is 0 Å². The van der Waals surface area contributed by atoms with Gasteiger partial charge in [-0.3, -0.25) is 14.5 Å². The topological polar surface area (TPSA) is 55.8 Å². The van der Waals surface area contributed by atoms with Crippen molar-refractivity contribution >= 4 is 11.9 Å². The van der Waals surface area contributed by atoms with Gasteiger partial charge in [0.1, 0.15) is 0 Å². The first-order valence-electron chi connectivity index (χ1n) is 7.74. The normalized spacial score (nSPS) is 29.2. The summed E-state index contributed by atoms with van der Waals surface area (Å²) in [6.45, 7) is 4.52. The van der Waals surface area contributed by atoms with Crippen LogP contribution < -0.4 is 0 Å². The van der Waals surface area contributed by atoms with Crippen LogP contribution in [0, 0.1) is 0 Å². The zero-order valence-corrected chi connectivity index (χ0v) is 12.5. The van der Waals surface area contributed by atoms with Gasteiger partial charge in [0.05, 0.1) is 26.1 Å². The summed E-state index contributed by atoms with van der Waals surface area (Å²) in [6.07, 6.45) is 5.21. The van der Waals surface area contributed by atoms with Crippen LogP contribution in [0.3, 0.4) is 0 Å². The fourth-order valence-corrected chi connectivity index (χ4v) is 3.64. The van der Waals surface area contributed by atoms with Gasteiger partial charge in [0.2, 0.25) is 0 Å². The SMILES string of the molecule is CCOC(=O)C[C@H]1CCC2CC[C@@H](CC(=O)OCC)N21. The Bertz CT molecular complexity index is 326. The summed E-state index contributed by atoms with van der Waals surface area (Å²) in [5.74, 6) is -0.250. The van der Waals surface area contributed by atoms with Gasteiger partial charge in [-0.2, -0.15) is 0 Å². The maximum Gasteiger partial charge on any atom is 0.307 e. The molecule has 0 aromatic carbocycles. The van der Waals surface area contributed by atoms with E-state index in [0.29, 0.717) is 32.1 Å². The van der Waals surface area contributed by atoms with Crippen LogP contribution in [-0.4, -0.2) is 48.2 Å². The third-order valence-corrected chi connectivity index (χ3v) is 4.35. The van der Waals surface area contributed by atoms with Crippen molar-refractivity contribution in [2.45, 2.75) is 70.5 Å². The molecule has 0 aliphatic carbocycles. The van der Waals surface area contributed by atoms with Crippen molar-refractivity contribution < 1.29 is 19.1 Å². The Balaban J connectivity index is 1.92. The molecule has 114 valence electrons. The standard InChI is InChI=1S/C15H25NO4/c1-3-19-14(17)9-12-7-5-11-6-8-13(16(11)12)10-15(18)20-4-2/h11-13H,3-10H2,1-2H3/t11?,12-,13+. The lowest BCUT2D eigenvalue weighted by Gasteiger charge is -2.29. The Morgan fingerprint density at radius 3 is 1.75 bits per heavy atom. The van der Waals surface area contributed by atoms with Crippen molar-refractivity contribution in [1.29, 1.82) is 0 Å². The van der Waals surface area contributed by atoms with Crippen molar-refractivity contribution in [2.24, 2.45) is 0 Å². The maximum atomic E-state index is 11.7. The summed E-state index contributed by atoms with van der Waals surface area (Å²) in [6, 6.07) is 1.01. The molecule has 5 nitrogen and oxygen atoms in total. The fraction of sp³-hybridized carbons (Fsp3) is 0.867. The van der Waals surface area contributed by atoms with Crippen molar-refractivity contribution in [3.05, 3.63) is 0 Å². The van der Waals surface area contributed by atoms with E-state index in [1.807, 2.05) is 13.8 Å². The minimum absolute atomic E-state index is 0.125. The number of carbonyl (C=O) groups excluding carboxylic acids is 2. The summed E-state index contributed by atoms with van der Waals surface area (Å²) in [5.41, 5.74) is 0. The van der Waals surface area contributed by atoms with Crippen LogP contribution >= 0.6 is 0 Å². The van der Waals surface area contributed by atoms with E-state index in [-0.39, 0.29) is 24.0 Å². The molecule has 1 unspecified atom stereocenters. The molecular weight excluding hydrogens is 258 g/mol. The Morgan fingerprint density at radius 2 is 1.35 bits per heavy atom. The first-order valence-corrected chi connectivity index (χ1v) is 7.74. The van der Waals surface area contributed by atoms with Crippen LogP contribution in [0.1, 0.15) is 52.4 Å². The van der Waals surface area contributed by atoms with Crippen LogP contribution in [0.15, 0.2) is 0 Å². The predicted octanol–water partition coefficient (Wildman–Crippen LogP) is 1.89. The lowest BCUT2D eigenvalue weighted by Crippen LogP contribution is -2.40. The third-order valence-electron chi connectivity index (χ3n) is 4.35. The number of rotatable bonds is 6. The van der Waals surface area contributed by atoms with Crippen molar-refractivity contribution in [2.75, 3.05) is 13.2 Å². The Morgan fingerprint density at radius 1 is 0.900 bits per heavy atom. The number of fused-ring (bicyclic) bond motifs is 1. The Hall–Kier alpha value is -1.10. The van der Waals surface area contributed by atoms with Crippen molar-refractivity contribution in [1.82, 2.24) is 4.90 Å². The molecule has 0 spiro atoms. The molecular formula is C15H25NO4. The lowest BCUT2D eigenvalue weighted by atomic mass is 10.0. The quantitative estimate of drug-likeness (QED) is 0.697.